The molecular formula is C20H24N2O8S2. The molecule has 0 bridgehead atoms. The molecule has 1 aliphatic rings. The minimum absolute atomic E-state index is 0.0537. The van der Waals surface area contributed by atoms with Gasteiger partial charge in [0.1, 0.15) is 5.75 Å². The number of carbonyl (C=O) groups is 1. The number of benzene rings is 2. The number of aryl methyl sites for hydroxylation is 1. The van der Waals surface area contributed by atoms with Crippen LogP contribution in [-0.4, -0.2) is 67.6 Å². The smallest absolute Gasteiger partial charge is 0.338 e. The van der Waals surface area contributed by atoms with Gasteiger partial charge in [0, 0.05) is 13.1 Å². The third-order valence-electron chi connectivity index (χ3n) is 4.95. The van der Waals surface area contributed by atoms with Crippen LogP contribution in [0.3, 0.4) is 0 Å². The number of carbonyl (C=O) groups excluding carboxylic acids is 1. The number of morpholine rings is 1. The Morgan fingerprint density at radius 2 is 1.66 bits per heavy atom. The molecule has 1 saturated heterocycles. The van der Waals surface area contributed by atoms with Crippen LogP contribution in [-0.2, 0) is 29.5 Å². The Kier molecular flexibility index (Phi) is 7.08. The second-order valence-corrected chi connectivity index (χ2v) is 10.6. The lowest BCUT2D eigenvalue weighted by atomic mass is 10.1. The first-order valence-electron chi connectivity index (χ1n) is 9.58. The van der Waals surface area contributed by atoms with Crippen molar-refractivity contribution in [1.82, 2.24) is 4.31 Å². The first-order chi connectivity index (χ1) is 15.1. The molecule has 10 nitrogen and oxygen atoms in total. The molecule has 0 atom stereocenters. The van der Waals surface area contributed by atoms with Gasteiger partial charge in [0.15, 0.2) is 0 Å². The second kappa shape index (κ2) is 9.45. The van der Waals surface area contributed by atoms with Gasteiger partial charge in [-0.05, 0) is 42.8 Å². The van der Waals surface area contributed by atoms with E-state index in [9.17, 15) is 21.6 Å². The molecule has 0 spiro atoms. The SMILES string of the molecule is COC(=O)c1cc(S(=O)(=O)Nc2cc(S(=O)(=O)N3CCOCC3)ccc2OC)ccc1C. The maximum absolute atomic E-state index is 13.0. The summed E-state index contributed by atoms with van der Waals surface area (Å²) in [6.07, 6.45) is 0. The highest BCUT2D eigenvalue weighted by molar-refractivity contribution is 7.92. The van der Waals surface area contributed by atoms with Gasteiger partial charge in [-0.15, -0.1) is 0 Å². The van der Waals surface area contributed by atoms with Gasteiger partial charge in [-0.2, -0.15) is 4.31 Å². The lowest BCUT2D eigenvalue weighted by Gasteiger charge is -2.26. The molecule has 1 fully saturated rings. The fraction of sp³-hybridized carbons (Fsp3) is 0.350. The van der Waals surface area contributed by atoms with Crippen LogP contribution < -0.4 is 9.46 Å². The summed E-state index contributed by atoms with van der Waals surface area (Å²) in [4.78, 5) is 11.7. The van der Waals surface area contributed by atoms with E-state index in [1.165, 1.54) is 54.9 Å². The average molecular weight is 485 g/mol. The van der Waals surface area contributed by atoms with Gasteiger partial charge in [-0.1, -0.05) is 6.07 Å². The summed E-state index contributed by atoms with van der Waals surface area (Å²) < 4.78 is 70.7. The highest BCUT2D eigenvalue weighted by atomic mass is 32.2. The average Bonchev–Trinajstić information content (AvgIpc) is 2.79. The van der Waals surface area contributed by atoms with Crippen LogP contribution in [0.25, 0.3) is 0 Å². The zero-order valence-corrected chi connectivity index (χ0v) is 19.5. The molecule has 12 heteroatoms. The van der Waals surface area contributed by atoms with Gasteiger partial charge in [-0.3, -0.25) is 4.72 Å². The van der Waals surface area contributed by atoms with Gasteiger partial charge < -0.3 is 14.2 Å². The predicted octanol–water partition coefficient (Wildman–Crippen LogP) is 1.61. The van der Waals surface area contributed by atoms with Crippen molar-refractivity contribution in [3.63, 3.8) is 0 Å². The third kappa shape index (κ3) is 4.88. The molecule has 0 aliphatic carbocycles. The summed E-state index contributed by atoms with van der Waals surface area (Å²) in [6.45, 7) is 2.62. The summed E-state index contributed by atoms with van der Waals surface area (Å²) >= 11 is 0. The van der Waals surface area contributed by atoms with Gasteiger partial charge in [0.05, 0.1) is 48.5 Å². The molecule has 0 unspecified atom stereocenters. The number of sulfonamides is 2. The first kappa shape index (κ1) is 24.0. The Morgan fingerprint density at radius 3 is 2.28 bits per heavy atom. The van der Waals surface area contributed by atoms with E-state index in [1.54, 1.807) is 6.92 Å². The number of anilines is 1. The van der Waals surface area contributed by atoms with E-state index < -0.39 is 26.0 Å². The minimum Gasteiger partial charge on any atom is -0.495 e. The maximum atomic E-state index is 13.0. The van der Waals surface area contributed by atoms with E-state index in [0.29, 0.717) is 5.56 Å². The molecule has 0 saturated carbocycles. The molecule has 0 radical (unpaired) electrons. The molecule has 0 amide bonds. The zero-order valence-electron chi connectivity index (χ0n) is 17.8. The first-order valence-corrected chi connectivity index (χ1v) is 12.5. The van der Waals surface area contributed by atoms with E-state index in [1.807, 2.05) is 0 Å². The zero-order chi connectivity index (χ0) is 23.5. The normalized spacial score (nSPS) is 15.2. The molecule has 2 aromatic rings. The van der Waals surface area contributed by atoms with Gasteiger partial charge in [0.25, 0.3) is 10.0 Å². The second-order valence-electron chi connectivity index (χ2n) is 6.95. The fourth-order valence-corrected chi connectivity index (χ4v) is 5.69. The summed E-state index contributed by atoms with van der Waals surface area (Å²) in [7, 11) is -5.50. The van der Waals surface area contributed by atoms with Crippen molar-refractivity contribution in [2.75, 3.05) is 45.2 Å². The molecule has 1 heterocycles. The standard InChI is InChI=1S/C20H24N2O8S2/c1-14-4-5-15(12-17(14)20(23)29-3)31(24,25)21-18-13-16(6-7-19(18)28-2)32(26,27)22-8-10-30-11-9-22/h4-7,12-13,21H,8-11H2,1-3H3. The Balaban J connectivity index is 1.99. The van der Waals surface area contributed by atoms with E-state index in [2.05, 4.69) is 4.72 Å². The molecule has 1 aliphatic heterocycles. The van der Waals surface area contributed by atoms with Crippen LogP contribution in [0, 0.1) is 6.92 Å². The number of nitrogens with zero attached hydrogens (tertiary/aromatic N) is 1. The predicted molar refractivity (Wildman–Crippen MR) is 116 cm³/mol. The van der Waals surface area contributed by atoms with Crippen LogP contribution in [0.5, 0.6) is 5.75 Å². The Hall–Kier alpha value is -2.67. The molecule has 174 valence electrons. The third-order valence-corrected chi connectivity index (χ3v) is 8.21. The quantitative estimate of drug-likeness (QED) is 0.587. The van der Waals surface area contributed by atoms with Crippen LogP contribution in [0.4, 0.5) is 5.69 Å². The Morgan fingerprint density at radius 1 is 1.00 bits per heavy atom. The van der Waals surface area contributed by atoms with Crippen molar-refractivity contribution >= 4 is 31.7 Å². The van der Waals surface area contributed by atoms with Crippen molar-refractivity contribution in [3.8, 4) is 5.75 Å². The van der Waals surface area contributed by atoms with Gasteiger partial charge >= 0.3 is 5.97 Å². The number of nitrogens with one attached hydrogen (secondary N) is 1. The molecule has 3 rings (SSSR count). The summed E-state index contributed by atoms with van der Waals surface area (Å²) in [5.41, 5.74) is 0.597. The van der Waals surface area contributed by atoms with Crippen LogP contribution in [0.2, 0.25) is 0 Å². The lowest BCUT2D eigenvalue weighted by molar-refractivity contribution is 0.0599. The van der Waals surface area contributed by atoms with Gasteiger partial charge in [-0.25, -0.2) is 21.6 Å². The summed E-state index contributed by atoms with van der Waals surface area (Å²) in [6, 6.07) is 7.95. The van der Waals surface area contributed by atoms with E-state index in [4.69, 9.17) is 14.2 Å². The Labute approximate surface area is 187 Å². The van der Waals surface area contributed by atoms with Crippen molar-refractivity contribution in [2.45, 2.75) is 16.7 Å². The largest absolute Gasteiger partial charge is 0.495 e. The molecule has 1 N–H and O–H groups in total. The molecular weight excluding hydrogens is 460 g/mol. The van der Waals surface area contributed by atoms with Crippen molar-refractivity contribution in [2.24, 2.45) is 0 Å². The molecule has 0 aromatic heterocycles. The number of esters is 1. The Bertz CT molecular complexity index is 1220. The van der Waals surface area contributed by atoms with E-state index >= 15 is 0 Å². The molecule has 2 aromatic carbocycles. The highest BCUT2D eigenvalue weighted by Gasteiger charge is 2.28. The number of methoxy groups -OCH3 is 2. The summed E-state index contributed by atoms with van der Waals surface area (Å²) in [5.74, 6) is -0.537. The monoisotopic (exact) mass is 484 g/mol. The molecule has 32 heavy (non-hydrogen) atoms. The minimum atomic E-state index is -4.18. The topological polar surface area (TPSA) is 128 Å². The van der Waals surface area contributed by atoms with Crippen LogP contribution in [0.1, 0.15) is 15.9 Å². The lowest BCUT2D eigenvalue weighted by Crippen LogP contribution is -2.40. The summed E-state index contributed by atoms with van der Waals surface area (Å²) in [5, 5.41) is 0. The van der Waals surface area contributed by atoms with Crippen molar-refractivity contribution in [1.29, 1.82) is 0 Å². The van der Waals surface area contributed by atoms with E-state index in [-0.39, 0.29) is 53.1 Å². The number of hydrogen-bond acceptors (Lipinski definition) is 8. The fourth-order valence-electron chi connectivity index (χ4n) is 3.17. The maximum Gasteiger partial charge on any atom is 0.338 e. The van der Waals surface area contributed by atoms with Crippen LogP contribution in [0.15, 0.2) is 46.2 Å². The number of hydrogen-bond donors (Lipinski definition) is 1. The van der Waals surface area contributed by atoms with Gasteiger partial charge in [0.2, 0.25) is 10.0 Å². The van der Waals surface area contributed by atoms with E-state index in [0.717, 1.165) is 0 Å². The number of ether oxygens (including phenoxy) is 3. The van der Waals surface area contributed by atoms with Crippen LogP contribution >= 0.6 is 0 Å². The van der Waals surface area contributed by atoms with Crippen molar-refractivity contribution < 1.29 is 35.8 Å². The highest BCUT2D eigenvalue weighted by Crippen LogP contribution is 2.31. The number of rotatable bonds is 7. The van der Waals surface area contributed by atoms with Crippen molar-refractivity contribution in [3.05, 3.63) is 47.5 Å².